The van der Waals surface area contributed by atoms with Crippen LogP contribution in [0.2, 0.25) is 0 Å². The maximum absolute atomic E-state index is 11.4. The number of rotatable bonds is 7. The molecule has 0 amide bonds. The maximum atomic E-state index is 11.4. The monoisotopic (exact) mass is 246 g/mol. The Balaban J connectivity index is 2.34. The maximum Gasteiger partial charge on any atom is 0.307 e. The normalized spacial score (nSPS) is 12.9. The molecule has 6 heteroatoms. The summed E-state index contributed by atoms with van der Waals surface area (Å²) in [6.07, 6.45) is -0.553. The summed E-state index contributed by atoms with van der Waals surface area (Å²) in [4.78, 5) is 11.4. The zero-order chi connectivity index (χ0) is 12.0. The van der Waals surface area contributed by atoms with E-state index >= 15 is 0 Å². The molecule has 5 nitrogen and oxygen atoms in total. The number of aliphatic hydroxyl groups is 1. The molecule has 0 aliphatic carbocycles. The van der Waals surface area contributed by atoms with E-state index < -0.39 is 6.10 Å². The Morgan fingerprint density at radius 3 is 3.00 bits per heavy atom. The largest absolute Gasteiger partial charge is 0.390 e. The highest BCUT2D eigenvalue weighted by atomic mass is 32.1. The van der Waals surface area contributed by atoms with Crippen LogP contribution in [-0.2, 0) is 11.3 Å². The minimum atomic E-state index is -0.553. The lowest BCUT2D eigenvalue weighted by Gasteiger charge is -2.12. The molecule has 1 aromatic heterocycles. The van der Waals surface area contributed by atoms with Crippen LogP contribution in [0.4, 0.5) is 0 Å². The highest BCUT2D eigenvalue weighted by Crippen LogP contribution is 2.00. The lowest BCUT2D eigenvalue weighted by Crippen LogP contribution is -2.34. The fraction of sp³-hybridized carbons (Fsp3) is 0.700. The van der Waals surface area contributed by atoms with Gasteiger partial charge in [-0.15, -0.1) is 0 Å². The number of nitrogens with zero attached hydrogens (tertiary/aromatic N) is 1. The molecule has 92 valence electrons. The smallest absolute Gasteiger partial charge is 0.307 e. The van der Waals surface area contributed by atoms with Gasteiger partial charge in [0.1, 0.15) is 0 Å². The number of nitrogens with one attached hydrogen (secondary N) is 1. The highest BCUT2D eigenvalue weighted by Gasteiger charge is 2.08. The molecule has 0 aromatic carbocycles. The number of methoxy groups -OCH3 is 1. The number of hydrogen-bond donors (Lipinski definition) is 2. The second-order valence-electron chi connectivity index (χ2n) is 3.60. The van der Waals surface area contributed by atoms with Gasteiger partial charge in [0.05, 0.1) is 19.3 Å². The summed E-state index contributed by atoms with van der Waals surface area (Å²) in [6.45, 7) is 3.98. The third-order valence-corrected chi connectivity index (χ3v) is 3.11. The summed E-state index contributed by atoms with van der Waals surface area (Å²) >= 11 is 1.16. The van der Waals surface area contributed by atoms with Gasteiger partial charge >= 0.3 is 4.87 Å². The predicted molar refractivity (Wildman–Crippen MR) is 64.1 cm³/mol. The van der Waals surface area contributed by atoms with Crippen LogP contribution in [0.15, 0.2) is 10.2 Å². The van der Waals surface area contributed by atoms with Crippen molar-refractivity contribution in [2.75, 3.05) is 26.8 Å². The van der Waals surface area contributed by atoms with Crippen molar-refractivity contribution >= 4 is 11.3 Å². The van der Waals surface area contributed by atoms with E-state index in [-0.39, 0.29) is 4.87 Å². The summed E-state index contributed by atoms with van der Waals surface area (Å²) < 4.78 is 6.46. The van der Waals surface area contributed by atoms with E-state index in [0.717, 1.165) is 17.0 Å². The summed E-state index contributed by atoms with van der Waals surface area (Å²) in [5.41, 5.74) is 0.894. The average Bonchev–Trinajstić information content (AvgIpc) is 2.56. The Morgan fingerprint density at radius 2 is 2.44 bits per heavy atom. The molecule has 0 aliphatic rings. The lowest BCUT2D eigenvalue weighted by atomic mass is 10.3. The summed E-state index contributed by atoms with van der Waals surface area (Å²) in [7, 11) is 1.63. The van der Waals surface area contributed by atoms with Gasteiger partial charge in [-0.2, -0.15) is 0 Å². The summed E-state index contributed by atoms with van der Waals surface area (Å²) in [5, 5.41) is 14.6. The molecule has 0 spiro atoms. The van der Waals surface area contributed by atoms with Gasteiger partial charge in [0, 0.05) is 31.3 Å². The van der Waals surface area contributed by atoms with E-state index in [0.29, 0.717) is 26.2 Å². The Bertz CT molecular complexity index is 361. The standard InChI is InChI=1S/C10H18N2O3S/c1-8-7-16-10(14)12(8)6-9(13)5-11-3-4-15-2/h7,9,11,13H,3-6H2,1-2H3. The minimum absolute atomic E-state index is 0.0200. The van der Waals surface area contributed by atoms with E-state index in [4.69, 9.17) is 4.74 Å². The Kier molecular flexibility index (Phi) is 5.68. The Labute approximate surface area is 98.7 Å². The molecule has 0 fully saturated rings. The lowest BCUT2D eigenvalue weighted by molar-refractivity contribution is 0.142. The average molecular weight is 246 g/mol. The van der Waals surface area contributed by atoms with Crippen LogP contribution in [0, 0.1) is 6.92 Å². The van der Waals surface area contributed by atoms with Crippen molar-refractivity contribution in [3.05, 3.63) is 20.7 Å². The van der Waals surface area contributed by atoms with Crippen molar-refractivity contribution in [1.29, 1.82) is 0 Å². The van der Waals surface area contributed by atoms with Gasteiger partial charge in [-0.25, -0.2) is 0 Å². The van der Waals surface area contributed by atoms with Gasteiger partial charge in [0.2, 0.25) is 0 Å². The number of aliphatic hydroxyl groups excluding tert-OH is 1. The molecule has 0 saturated carbocycles. The first-order valence-electron chi connectivity index (χ1n) is 5.17. The van der Waals surface area contributed by atoms with Crippen LogP contribution >= 0.6 is 11.3 Å². The quantitative estimate of drug-likeness (QED) is 0.655. The number of ether oxygens (including phenoxy) is 1. The number of hydrogen-bond acceptors (Lipinski definition) is 5. The molecular formula is C10H18N2O3S. The molecule has 16 heavy (non-hydrogen) atoms. The number of thiazole rings is 1. The van der Waals surface area contributed by atoms with Crippen LogP contribution in [0.5, 0.6) is 0 Å². The third-order valence-electron chi connectivity index (χ3n) is 2.23. The SMILES string of the molecule is COCCNCC(O)Cn1c(C)csc1=O. The fourth-order valence-electron chi connectivity index (χ4n) is 1.34. The summed E-state index contributed by atoms with van der Waals surface area (Å²) in [6, 6.07) is 0. The first-order valence-corrected chi connectivity index (χ1v) is 6.05. The first-order chi connectivity index (χ1) is 7.65. The molecule has 0 radical (unpaired) electrons. The van der Waals surface area contributed by atoms with Crippen molar-refractivity contribution < 1.29 is 9.84 Å². The molecular weight excluding hydrogens is 228 g/mol. The van der Waals surface area contributed by atoms with Gasteiger partial charge in [0.25, 0.3) is 0 Å². The predicted octanol–water partition coefficient (Wildman–Crippen LogP) is -0.185. The van der Waals surface area contributed by atoms with Crippen LogP contribution in [0.3, 0.4) is 0 Å². The van der Waals surface area contributed by atoms with E-state index in [1.165, 1.54) is 0 Å². The minimum Gasteiger partial charge on any atom is -0.390 e. The Hall–Kier alpha value is -0.690. The van der Waals surface area contributed by atoms with Gasteiger partial charge in [-0.3, -0.25) is 4.79 Å². The molecule has 1 atom stereocenters. The second kappa shape index (κ2) is 6.80. The van der Waals surface area contributed by atoms with Gasteiger partial charge < -0.3 is 19.7 Å². The first kappa shape index (κ1) is 13.4. The van der Waals surface area contributed by atoms with Crippen molar-refractivity contribution in [1.82, 2.24) is 9.88 Å². The zero-order valence-electron chi connectivity index (χ0n) is 9.60. The molecule has 2 N–H and O–H groups in total. The topological polar surface area (TPSA) is 63.5 Å². The van der Waals surface area contributed by atoms with Crippen LogP contribution in [-0.4, -0.2) is 42.6 Å². The van der Waals surface area contributed by atoms with E-state index in [1.807, 2.05) is 6.92 Å². The highest BCUT2D eigenvalue weighted by molar-refractivity contribution is 7.07. The number of aryl methyl sites for hydroxylation is 1. The molecule has 1 aromatic rings. The fourth-order valence-corrected chi connectivity index (χ4v) is 2.09. The van der Waals surface area contributed by atoms with E-state index in [9.17, 15) is 9.90 Å². The Morgan fingerprint density at radius 1 is 1.69 bits per heavy atom. The van der Waals surface area contributed by atoms with E-state index in [1.54, 1.807) is 17.1 Å². The van der Waals surface area contributed by atoms with Crippen LogP contribution in [0.1, 0.15) is 5.69 Å². The number of aromatic nitrogens is 1. The van der Waals surface area contributed by atoms with Crippen molar-refractivity contribution in [2.45, 2.75) is 19.6 Å². The van der Waals surface area contributed by atoms with Gasteiger partial charge in [0.15, 0.2) is 0 Å². The van der Waals surface area contributed by atoms with Gasteiger partial charge in [-0.05, 0) is 6.92 Å². The molecule has 0 saturated heterocycles. The van der Waals surface area contributed by atoms with Crippen molar-refractivity contribution in [3.63, 3.8) is 0 Å². The van der Waals surface area contributed by atoms with Gasteiger partial charge in [-0.1, -0.05) is 11.3 Å². The molecule has 1 rings (SSSR count). The molecule has 1 heterocycles. The molecule has 1 unspecified atom stereocenters. The third kappa shape index (κ3) is 4.05. The van der Waals surface area contributed by atoms with E-state index in [2.05, 4.69) is 5.32 Å². The second-order valence-corrected chi connectivity index (χ2v) is 4.42. The molecule has 0 aliphatic heterocycles. The van der Waals surface area contributed by atoms with Crippen molar-refractivity contribution in [2.24, 2.45) is 0 Å². The van der Waals surface area contributed by atoms with Crippen molar-refractivity contribution in [3.8, 4) is 0 Å². The van der Waals surface area contributed by atoms with Crippen LogP contribution in [0.25, 0.3) is 0 Å². The zero-order valence-corrected chi connectivity index (χ0v) is 10.4. The molecule has 0 bridgehead atoms. The summed E-state index contributed by atoms with van der Waals surface area (Å²) in [5.74, 6) is 0. The van der Waals surface area contributed by atoms with Crippen LogP contribution < -0.4 is 10.2 Å².